The van der Waals surface area contributed by atoms with Crippen LogP contribution in [-0.2, 0) is 9.47 Å². The molecule has 0 fully saturated rings. The second kappa shape index (κ2) is 8.39. The second-order valence-corrected chi connectivity index (χ2v) is 6.09. The van der Waals surface area contributed by atoms with Gasteiger partial charge in [-0.2, -0.15) is 0 Å². The molecule has 0 saturated carbocycles. The van der Waals surface area contributed by atoms with Crippen LogP contribution in [0.2, 0.25) is 0 Å². The van der Waals surface area contributed by atoms with Crippen molar-refractivity contribution >= 4 is 23.4 Å². The zero-order valence-corrected chi connectivity index (χ0v) is 14.0. The highest BCUT2D eigenvalue weighted by molar-refractivity contribution is 7.10. The van der Waals surface area contributed by atoms with Gasteiger partial charge in [0.1, 0.15) is 10.5 Å². The van der Waals surface area contributed by atoms with E-state index in [1.165, 1.54) is 11.3 Å². The number of carbonyl (C=O) groups excluding carboxylic acids is 2. The maximum absolute atomic E-state index is 11.6. The molecule has 0 aliphatic carbocycles. The Kier molecular flexibility index (Phi) is 6.86. The summed E-state index contributed by atoms with van der Waals surface area (Å²) in [7, 11) is 0. The summed E-state index contributed by atoms with van der Waals surface area (Å²) in [6.07, 6.45) is -0.0290. The second-order valence-electron chi connectivity index (χ2n) is 5.23. The van der Waals surface area contributed by atoms with Crippen LogP contribution in [0.15, 0.2) is 5.51 Å². The van der Waals surface area contributed by atoms with Gasteiger partial charge in [0.25, 0.3) is 0 Å². The summed E-state index contributed by atoms with van der Waals surface area (Å²) >= 11 is 1.28. The van der Waals surface area contributed by atoms with Gasteiger partial charge in [0.15, 0.2) is 5.69 Å². The molecule has 0 spiro atoms. The minimum absolute atomic E-state index is 0.236. The molecule has 120 valence electrons. The summed E-state index contributed by atoms with van der Waals surface area (Å²) in [5.41, 5.74) is 1.27. The van der Waals surface area contributed by atoms with Crippen LogP contribution in [0.1, 0.15) is 49.5 Å². The molecular formula is C15H20N2O4S. The largest absolute Gasteiger partial charge is 0.461 e. The van der Waals surface area contributed by atoms with Gasteiger partial charge in [0.2, 0.25) is 0 Å². The molecule has 0 aliphatic heterocycles. The van der Waals surface area contributed by atoms with Crippen molar-refractivity contribution in [1.29, 1.82) is 0 Å². The Labute approximate surface area is 134 Å². The highest BCUT2D eigenvalue weighted by Gasteiger charge is 2.15. The number of nitrogens with zero attached hydrogens (tertiary/aromatic N) is 1. The van der Waals surface area contributed by atoms with Gasteiger partial charge in [-0.25, -0.2) is 14.6 Å². The molecule has 0 aromatic carbocycles. The molecule has 1 heterocycles. The normalized spacial score (nSPS) is 10.4. The summed E-state index contributed by atoms with van der Waals surface area (Å²) in [5.74, 6) is 5.28. The number of aromatic nitrogens is 1. The Morgan fingerprint density at radius 3 is 2.77 bits per heavy atom. The fourth-order valence-electron chi connectivity index (χ4n) is 1.36. The van der Waals surface area contributed by atoms with Gasteiger partial charge in [-0.05, 0) is 27.7 Å². The fourth-order valence-corrected chi connectivity index (χ4v) is 2.01. The van der Waals surface area contributed by atoms with Crippen molar-refractivity contribution in [2.45, 2.75) is 39.7 Å². The van der Waals surface area contributed by atoms with Crippen LogP contribution >= 0.6 is 11.3 Å². The quantitative estimate of drug-likeness (QED) is 0.523. The first kappa shape index (κ1) is 18.0. The van der Waals surface area contributed by atoms with E-state index in [2.05, 4.69) is 22.1 Å². The van der Waals surface area contributed by atoms with Gasteiger partial charge in [-0.15, -0.1) is 11.3 Å². The van der Waals surface area contributed by atoms with E-state index in [0.717, 1.165) is 0 Å². The zero-order valence-electron chi connectivity index (χ0n) is 13.2. The summed E-state index contributed by atoms with van der Waals surface area (Å²) in [6, 6.07) is 0. The molecule has 0 radical (unpaired) electrons. The Morgan fingerprint density at radius 2 is 2.14 bits per heavy atom. The molecule has 7 heteroatoms. The number of alkyl carbamates (subject to hydrolysis) is 1. The smallest absolute Gasteiger partial charge is 0.407 e. The Balaban J connectivity index is 2.44. The first-order valence-corrected chi connectivity index (χ1v) is 7.77. The van der Waals surface area contributed by atoms with Crippen molar-refractivity contribution in [2.75, 3.05) is 13.2 Å². The fraction of sp³-hybridized carbons (Fsp3) is 0.533. The van der Waals surface area contributed by atoms with Crippen LogP contribution in [-0.4, -0.2) is 35.8 Å². The molecule has 0 bridgehead atoms. The van der Waals surface area contributed by atoms with Gasteiger partial charge in [0.05, 0.1) is 12.1 Å². The summed E-state index contributed by atoms with van der Waals surface area (Å²) in [5, 5.41) is 2.61. The number of amides is 1. The van der Waals surface area contributed by atoms with Crippen LogP contribution in [0, 0.1) is 11.8 Å². The van der Waals surface area contributed by atoms with Crippen molar-refractivity contribution in [1.82, 2.24) is 10.3 Å². The van der Waals surface area contributed by atoms with Crippen molar-refractivity contribution < 1.29 is 19.1 Å². The van der Waals surface area contributed by atoms with E-state index in [9.17, 15) is 9.59 Å². The topological polar surface area (TPSA) is 77.5 Å². The summed E-state index contributed by atoms with van der Waals surface area (Å²) in [4.78, 5) is 27.6. The Hall–Kier alpha value is -2.07. The lowest BCUT2D eigenvalue weighted by Gasteiger charge is -2.19. The van der Waals surface area contributed by atoms with Gasteiger partial charge in [0, 0.05) is 13.0 Å². The summed E-state index contributed by atoms with van der Waals surface area (Å²) in [6.45, 7) is 7.80. The molecular weight excluding hydrogens is 304 g/mol. The molecule has 0 aliphatic rings. The third kappa shape index (κ3) is 6.59. The number of carbonyl (C=O) groups is 2. The highest BCUT2D eigenvalue weighted by atomic mass is 32.1. The third-order valence-electron chi connectivity index (χ3n) is 2.16. The molecule has 1 N–H and O–H groups in total. The maximum Gasteiger partial charge on any atom is 0.407 e. The number of nitrogens with one attached hydrogen (secondary N) is 1. The van der Waals surface area contributed by atoms with E-state index in [-0.39, 0.29) is 5.69 Å². The first-order valence-electron chi connectivity index (χ1n) is 6.90. The minimum atomic E-state index is -0.521. The number of ether oxygens (including phenoxy) is 2. The number of esters is 1. The van der Waals surface area contributed by atoms with E-state index < -0.39 is 17.7 Å². The van der Waals surface area contributed by atoms with Crippen LogP contribution in [0.3, 0.4) is 0 Å². The van der Waals surface area contributed by atoms with Crippen molar-refractivity contribution in [3.8, 4) is 11.8 Å². The van der Waals surface area contributed by atoms with Crippen molar-refractivity contribution in [2.24, 2.45) is 0 Å². The Bertz CT molecular complexity index is 578. The van der Waals surface area contributed by atoms with E-state index in [1.807, 2.05) is 0 Å². The number of rotatable bonds is 4. The number of hydrogen-bond acceptors (Lipinski definition) is 6. The first-order chi connectivity index (χ1) is 10.3. The molecule has 1 aromatic heterocycles. The zero-order chi connectivity index (χ0) is 16.6. The standard InChI is InChI=1S/C15H20N2O4S/c1-5-20-13(18)12-11(22-10-17-12)8-6-7-9-16-14(19)21-15(2,3)4/h10H,5,7,9H2,1-4H3,(H,16,19). The average Bonchev–Trinajstić information content (AvgIpc) is 2.85. The lowest BCUT2D eigenvalue weighted by Crippen LogP contribution is -2.32. The van der Waals surface area contributed by atoms with E-state index in [1.54, 1.807) is 33.2 Å². The highest BCUT2D eigenvalue weighted by Crippen LogP contribution is 2.13. The van der Waals surface area contributed by atoms with Crippen molar-refractivity contribution in [3.05, 3.63) is 16.1 Å². The SMILES string of the molecule is CCOC(=O)c1ncsc1C#CCCNC(=O)OC(C)(C)C. The predicted molar refractivity (Wildman–Crippen MR) is 83.8 cm³/mol. The van der Waals surface area contributed by atoms with Gasteiger partial charge >= 0.3 is 12.1 Å². The van der Waals surface area contributed by atoms with Crippen molar-refractivity contribution in [3.63, 3.8) is 0 Å². The Morgan fingerprint density at radius 1 is 1.41 bits per heavy atom. The number of hydrogen-bond donors (Lipinski definition) is 1. The molecule has 1 aromatic rings. The molecule has 0 saturated heterocycles. The van der Waals surface area contributed by atoms with Crippen LogP contribution in [0.25, 0.3) is 0 Å². The van der Waals surface area contributed by atoms with Crippen LogP contribution in [0.5, 0.6) is 0 Å². The third-order valence-corrected chi connectivity index (χ3v) is 2.90. The number of thiazole rings is 1. The van der Waals surface area contributed by atoms with E-state index in [4.69, 9.17) is 9.47 Å². The van der Waals surface area contributed by atoms with E-state index in [0.29, 0.717) is 24.4 Å². The summed E-state index contributed by atoms with van der Waals surface area (Å²) < 4.78 is 10.00. The van der Waals surface area contributed by atoms with Gasteiger partial charge in [-0.1, -0.05) is 11.8 Å². The monoisotopic (exact) mass is 324 g/mol. The molecule has 1 amide bonds. The van der Waals surface area contributed by atoms with Gasteiger partial charge < -0.3 is 14.8 Å². The van der Waals surface area contributed by atoms with Crippen LogP contribution in [0.4, 0.5) is 4.79 Å². The molecule has 6 nitrogen and oxygen atoms in total. The minimum Gasteiger partial charge on any atom is -0.461 e. The molecule has 0 atom stereocenters. The van der Waals surface area contributed by atoms with Crippen LogP contribution < -0.4 is 5.32 Å². The maximum atomic E-state index is 11.6. The predicted octanol–water partition coefficient (Wildman–Crippen LogP) is 2.59. The molecule has 1 rings (SSSR count). The lowest BCUT2D eigenvalue weighted by molar-refractivity contribution is 0.0513. The van der Waals surface area contributed by atoms with E-state index >= 15 is 0 Å². The lowest BCUT2D eigenvalue weighted by atomic mass is 10.2. The van der Waals surface area contributed by atoms with Gasteiger partial charge in [-0.3, -0.25) is 0 Å². The average molecular weight is 324 g/mol. The molecule has 22 heavy (non-hydrogen) atoms. The molecule has 0 unspecified atom stereocenters.